The summed E-state index contributed by atoms with van der Waals surface area (Å²) < 4.78 is 5.67. The van der Waals surface area contributed by atoms with Gasteiger partial charge in [-0.1, -0.05) is 18.2 Å². The Morgan fingerprint density at radius 2 is 2.04 bits per heavy atom. The van der Waals surface area contributed by atoms with Crippen molar-refractivity contribution in [3.05, 3.63) is 47.4 Å². The van der Waals surface area contributed by atoms with E-state index in [2.05, 4.69) is 14.9 Å². The fourth-order valence-electron chi connectivity index (χ4n) is 3.09. The molecule has 2 N–H and O–H groups in total. The Balaban J connectivity index is 1.67. The molecule has 1 aliphatic rings. The molecule has 144 valence electrons. The van der Waals surface area contributed by atoms with Gasteiger partial charge < -0.3 is 20.3 Å². The number of anilines is 1. The molecule has 1 atom stereocenters. The number of para-hydroxylation sites is 1. The van der Waals surface area contributed by atoms with Crippen molar-refractivity contribution in [3.8, 4) is 5.75 Å². The van der Waals surface area contributed by atoms with Crippen LogP contribution >= 0.6 is 0 Å². The Morgan fingerprint density at radius 3 is 2.70 bits per heavy atom. The van der Waals surface area contributed by atoms with Crippen LogP contribution in [0.5, 0.6) is 5.75 Å². The molecular formula is C20H27N5O2. The van der Waals surface area contributed by atoms with Crippen molar-refractivity contribution in [1.29, 1.82) is 0 Å². The van der Waals surface area contributed by atoms with Crippen LogP contribution in [0.4, 0.5) is 5.82 Å². The molecule has 0 bridgehead atoms. The molecule has 3 rings (SSSR count). The normalized spacial score (nSPS) is 16.4. The third-order valence-electron chi connectivity index (χ3n) is 4.86. The fraction of sp³-hybridized carbons (Fsp3) is 0.450. The highest BCUT2D eigenvalue weighted by Crippen LogP contribution is 2.23. The van der Waals surface area contributed by atoms with Crippen molar-refractivity contribution >= 4 is 11.7 Å². The van der Waals surface area contributed by atoms with E-state index < -0.39 is 0 Å². The molecule has 0 spiro atoms. The van der Waals surface area contributed by atoms with E-state index in [1.807, 2.05) is 44.2 Å². The number of nitrogens with two attached hydrogens (primary N) is 1. The van der Waals surface area contributed by atoms with Gasteiger partial charge in [-0.15, -0.1) is 0 Å². The van der Waals surface area contributed by atoms with E-state index in [9.17, 15) is 4.79 Å². The first-order chi connectivity index (χ1) is 13.0. The average molecular weight is 369 g/mol. The minimum Gasteiger partial charge on any atom is -0.492 e. The smallest absolute Gasteiger partial charge is 0.291 e. The molecule has 1 aliphatic heterocycles. The highest BCUT2D eigenvalue weighted by Gasteiger charge is 2.25. The van der Waals surface area contributed by atoms with Crippen molar-refractivity contribution < 1.29 is 9.53 Å². The third-order valence-corrected chi connectivity index (χ3v) is 4.86. The second kappa shape index (κ2) is 8.35. The van der Waals surface area contributed by atoms with Gasteiger partial charge in [-0.25, -0.2) is 9.97 Å². The van der Waals surface area contributed by atoms with Crippen molar-refractivity contribution in [2.75, 3.05) is 38.2 Å². The van der Waals surface area contributed by atoms with Crippen molar-refractivity contribution in [2.45, 2.75) is 26.3 Å². The maximum Gasteiger partial charge on any atom is 0.291 e. The summed E-state index contributed by atoms with van der Waals surface area (Å²) in [5.74, 6) is 1.61. The molecule has 27 heavy (non-hydrogen) atoms. The van der Waals surface area contributed by atoms with Crippen molar-refractivity contribution in [1.82, 2.24) is 14.9 Å². The van der Waals surface area contributed by atoms with Crippen LogP contribution in [0.25, 0.3) is 0 Å². The number of hydrogen-bond donors (Lipinski definition) is 1. The Hall–Kier alpha value is -2.67. The van der Waals surface area contributed by atoms with E-state index in [-0.39, 0.29) is 17.8 Å². The predicted molar refractivity (Wildman–Crippen MR) is 105 cm³/mol. The average Bonchev–Trinajstić information content (AvgIpc) is 3.10. The Labute approximate surface area is 160 Å². The summed E-state index contributed by atoms with van der Waals surface area (Å²) in [6.07, 6.45) is 0.933. The lowest BCUT2D eigenvalue weighted by Gasteiger charge is -2.22. The number of carbonyl (C=O) groups excluding carboxylic acids is 1. The molecule has 0 saturated carbocycles. The van der Waals surface area contributed by atoms with Gasteiger partial charge in [0.2, 0.25) is 5.82 Å². The number of amides is 1. The third kappa shape index (κ3) is 4.54. The van der Waals surface area contributed by atoms with Gasteiger partial charge in [0.15, 0.2) is 0 Å². The number of benzene rings is 1. The number of hydrogen-bond acceptors (Lipinski definition) is 6. The standard InChI is InChI=1S/C20H27N5O2/c1-14-15(2)22-18(23-19(14)25-10-9-16(21)13-25)20(26)24(3)11-12-27-17-7-5-4-6-8-17/h4-8,16H,9-13,21H2,1-3H3/t16-/m1/s1. The summed E-state index contributed by atoms with van der Waals surface area (Å²) >= 11 is 0. The van der Waals surface area contributed by atoms with E-state index in [0.717, 1.165) is 42.3 Å². The number of carbonyl (C=O) groups is 1. The lowest BCUT2D eigenvalue weighted by atomic mass is 10.2. The Morgan fingerprint density at radius 1 is 1.30 bits per heavy atom. The van der Waals surface area contributed by atoms with Crippen molar-refractivity contribution in [2.24, 2.45) is 5.73 Å². The first-order valence-electron chi connectivity index (χ1n) is 9.24. The summed E-state index contributed by atoms with van der Waals surface area (Å²) in [5.41, 5.74) is 7.84. The summed E-state index contributed by atoms with van der Waals surface area (Å²) in [4.78, 5) is 25.5. The van der Waals surface area contributed by atoms with Crippen LogP contribution in [0.15, 0.2) is 30.3 Å². The number of aryl methyl sites for hydroxylation is 1. The lowest BCUT2D eigenvalue weighted by molar-refractivity contribution is 0.0761. The van der Waals surface area contributed by atoms with Gasteiger partial charge in [-0.3, -0.25) is 4.79 Å². The van der Waals surface area contributed by atoms with Crippen LogP contribution < -0.4 is 15.4 Å². The number of likely N-dealkylation sites (N-methyl/N-ethyl adjacent to an activating group) is 1. The fourth-order valence-corrected chi connectivity index (χ4v) is 3.09. The van der Waals surface area contributed by atoms with Crippen LogP contribution in [-0.2, 0) is 0 Å². The summed E-state index contributed by atoms with van der Waals surface area (Å²) in [6.45, 7) is 6.36. The van der Waals surface area contributed by atoms with E-state index in [4.69, 9.17) is 10.5 Å². The van der Waals surface area contributed by atoms with Gasteiger partial charge in [-0.05, 0) is 32.4 Å². The van der Waals surface area contributed by atoms with E-state index >= 15 is 0 Å². The first kappa shape index (κ1) is 19.1. The van der Waals surface area contributed by atoms with E-state index in [1.54, 1.807) is 11.9 Å². The minimum absolute atomic E-state index is 0.150. The lowest BCUT2D eigenvalue weighted by Crippen LogP contribution is -2.33. The Kier molecular flexibility index (Phi) is 5.91. The molecule has 1 aromatic heterocycles. The zero-order valence-electron chi connectivity index (χ0n) is 16.2. The molecule has 1 aromatic carbocycles. The van der Waals surface area contributed by atoms with Crippen LogP contribution in [0.3, 0.4) is 0 Å². The molecule has 1 amide bonds. The topological polar surface area (TPSA) is 84.6 Å². The zero-order valence-corrected chi connectivity index (χ0v) is 16.2. The molecule has 1 fully saturated rings. The van der Waals surface area contributed by atoms with Gasteiger partial charge in [0, 0.05) is 37.4 Å². The highest BCUT2D eigenvalue weighted by molar-refractivity contribution is 5.90. The number of rotatable bonds is 6. The van der Waals surface area contributed by atoms with Crippen LogP contribution in [0.1, 0.15) is 28.3 Å². The van der Waals surface area contributed by atoms with Gasteiger partial charge in [0.1, 0.15) is 18.2 Å². The monoisotopic (exact) mass is 369 g/mol. The minimum atomic E-state index is -0.209. The molecule has 1 saturated heterocycles. The maximum absolute atomic E-state index is 12.8. The molecular weight excluding hydrogens is 342 g/mol. The molecule has 0 unspecified atom stereocenters. The second-order valence-electron chi connectivity index (χ2n) is 6.96. The SMILES string of the molecule is Cc1nc(C(=O)N(C)CCOc2ccccc2)nc(N2CC[C@@H](N)C2)c1C. The van der Waals surface area contributed by atoms with Gasteiger partial charge >= 0.3 is 0 Å². The molecule has 2 aromatic rings. The second-order valence-corrected chi connectivity index (χ2v) is 6.96. The molecule has 7 heteroatoms. The summed E-state index contributed by atoms with van der Waals surface area (Å²) in [5, 5.41) is 0. The van der Waals surface area contributed by atoms with E-state index in [1.165, 1.54) is 0 Å². The number of nitrogens with zero attached hydrogens (tertiary/aromatic N) is 4. The molecule has 0 aliphatic carbocycles. The first-order valence-corrected chi connectivity index (χ1v) is 9.24. The van der Waals surface area contributed by atoms with Gasteiger partial charge in [-0.2, -0.15) is 0 Å². The summed E-state index contributed by atoms with van der Waals surface area (Å²) in [6, 6.07) is 9.70. The quantitative estimate of drug-likeness (QED) is 0.836. The largest absolute Gasteiger partial charge is 0.492 e. The predicted octanol–water partition coefficient (Wildman–Crippen LogP) is 1.78. The molecule has 7 nitrogen and oxygen atoms in total. The van der Waals surface area contributed by atoms with Gasteiger partial charge in [0.25, 0.3) is 5.91 Å². The molecule has 2 heterocycles. The Bertz CT molecular complexity index is 796. The molecule has 0 radical (unpaired) electrons. The zero-order chi connectivity index (χ0) is 19.4. The highest BCUT2D eigenvalue weighted by atomic mass is 16.5. The van der Waals surface area contributed by atoms with Crippen molar-refractivity contribution in [3.63, 3.8) is 0 Å². The van der Waals surface area contributed by atoms with Crippen LogP contribution in [0.2, 0.25) is 0 Å². The summed E-state index contributed by atoms with van der Waals surface area (Å²) in [7, 11) is 1.74. The van der Waals surface area contributed by atoms with Crippen LogP contribution in [0, 0.1) is 13.8 Å². The number of aromatic nitrogens is 2. The van der Waals surface area contributed by atoms with E-state index in [0.29, 0.717) is 13.2 Å². The number of ether oxygens (including phenoxy) is 1. The van der Waals surface area contributed by atoms with Gasteiger partial charge in [0.05, 0.1) is 6.54 Å². The maximum atomic E-state index is 12.8. The van der Waals surface area contributed by atoms with Crippen LogP contribution in [-0.4, -0.2) is 60.1 Å².